The zero-order valence-corrected chi connectivity index (χ0v) is 20.0. The summed E-state index contributed by atoms with van der Waals surface area (Å²) in [5.74, 6) is 1.17. The van der Waals surface area contributed by atoms with Crippen LogP contribution in [-0.2, 0) is 4.79 Å². The highest BCUT2D eigenvalue weighted by atomic mass is 16.5. The van der Waals surface area contributed by atoms with Gasteiger partial charge < -0.3 is 24.8 Å². The van der Waals surface area contributed by atoms with Crippen LogP contribution < -0.4 is 20.3 Å². The number of nitrogens with one attached hydrogen (secondary N) is 2. The molecule has 1 amide bonds. The lowest BCUT2D eigenvalue weighted by atomic mass is 10.00. The number of rotatable bonds is 6. The molecule has 2 unspecified atom stereocenters. The van der Waals surface area contributed by atoms with E-state index in [1.807, 2.05) is 6.33 Å². The molecule has 3 heterocycles. The lowest BCUT2D eigenvalue weighted by molar-refractivity contribution is -0.119. The molecule has 0 bridgehead atoms. The third-order valence-corrected chi connectivity index (χ3v) is 7.55. The lowest BCUT2D eigenvalue weighted by Gasteiger charge is -2.31. The van der Waals surface area contributed by atoms with Crippen LogP contribution >= 0.6 is 0 Å². The molecule has 3 aliphatic rings. The van der Waals surface area contributed by atoms with E-state index in [0.29, 0.717) is 19.0 Å². The number of amides is 1. The summed E-state index contributed by atoms with van der Waals surface area (Å²) in [6, 6.07) is 11.6. The number of piperazine rings is 1. The Kier molecular flexibility index (Phi) is 5.44. The van der Waals surface area contributed by atoms with E-state index in [9.17, 15) is 4.79 Å². The first-order valence-electron chi connectivity index (χ1n) is 12.6. The Morgan fingerprint density at radius 2 is 1.94 bits per heavy atom. The Labute approximate surface area is 200 Å². The fraction of sp³-hybridized carbons (Fsp3) is 0.481. The predicted octanol–water partition coefficient (Wildman–Crippen LogP) is 3.66. The van der Waals surface area contributed by atoms with Crippen molar-refractivity contribution in [1.82, 2.24) is 20.2 Å². The Hall–Kier alpha value is -3.06. The fourth-order valence-electron chi connectivity index (χ4n) is 5.37. The summed E-state index contributed by atoms with van der Waals surface area (Å²) in [6.45, 7) is 9.10. The number of ether oxygens (including phenoxy) is 1. The summed E-state index contributed by atoms with van der Waals surface area (Å²) in [7, 11) is 0. The molecule has 1 saturated carbocycles. The van der Waals surface area contributed by atoms with Crippen molar-refractivity contribution in [3.8, 4) is 16.9 Å². The van der Waals surface area contributed by atoms with Crippen LogP contribution in [0.25, 0.3) is 22.2 Å². The van der Waals surface area contributed by atoms with Gasteiger partial charge in [-0.1, -0.05) is 6.07 Å². The van der Waals surface area contributed by atoms with Crippen LogP contribution in [0.1, 0.15) is 37.8 Å². The van der Waals surface area contributed by atoms with Gasteiger partial charge in [-0.05, 0) is 67.6 Å². The highest BCUT2D eigenvalue weighted by Crippen LogP contribution is 2.42. The molecule has 1 aliphatic carbocycles. The highest BCUT2D eigenvalue weighted by Gasteiger charge is 2.30. The number of imidazole rings is 1. The molecule has 1 aromatic heterocycles. The molecule has 0 radical (unpaired) electrons. The van der Waals surface area contributed by atoms with Crippen LogP contribution in [-0.4, -0.2) is 54.3 Å². The Balaban J connectivity index is 1.36. The minimum atomic E-state index is -0.0585. The maximum Gasteiger partial charge on any atom is 0.220 e. The zero-order valence-electron chi connectivity index (χ0n) is 20.0. The van der Waals surface area contributed by atoms with E-state index in [4.69, 9.17) is 9.72 Å². The number of benzene rings is 2. The molecule has 2 N–H and O–H groups in total. The van der Waals surface area contributed by atoms with Gasteiger partial charge in [-0.25, -0.2) is 4.98 Å². The number of nitrogens with zero attached hydrogens (tertiary/aromatic N) is 3. The van der Waals surface area contributed by atoms with Crippen LogP contribution in [0.5, 0.6) is 5.75 Å². The minimum Gasteiger partial charge on any atom is -0.488 e. The van der Waals surface area contributed by atoms with Crippen LogP contribution in [0.15, 0.2) is 36.7 Å². The fourth-order valence-corrected chi connectivity index (χ4v) is 5.37. The van der Waals surface area contributed by atoms with E-state index < -0.39 is 0 Å². The predicted molar refractivity (Wildman–Crippen MR) is 134 cm³/mol. The molecule has 7 heteroatoms. The number of carbonyl (C=O) groups is 1. The smallest absolute Gasteiger partial charge is 0.220 e. The molecule has 2 aromatic carbocycles. The van der Waals surface area contributed by atoms with Crippen LogP contribution in [0, 0.1) is 12.8 Å². The minimum absolute atomic E-state index is 0.0585. The summed E-state index contributed by atoms with van der Waals surface area (Å²) in [4.78, 5) is 19.0. The summed E-state index contributed by atoms with van der Waals surface area (Å²) in [6.07, 6.45) is 4.81. The summed E-state index contributed by atoms with van der Waals surface area (Å²) in [5.41, 5.74) is 6.93. The standard InChI is InChI=1S/C27H33N5O2/c1-17-11-19(3-6-24(17)31-9-7-28-8-10-31)20-12-23-27(32(16-30-23)22-4-5-22)25(13-20)34-18(2)21-14-26(33)29-15-21/h3,6,11-13,16,18,21-22,28H,4-5,7-10,14-15H2,1-2H3,(H,29,33). The van der Waals surface area contributed by atoms with Crippen molar-refractivity contribution in [1.29, 1.82) is 0 Å². The second-order valence-corrected chi connectivity index (χ2v) is 10.1. The molecule has 34 heavy (non-hydrogen) atoms. The summed E-state index contributed by atoms with van der Waals surface area (Å²) >= 11 is 0. The number of aryl methyl sites for hydroxylation is 1. The van der Waals surface area contributed by atoms with Crippen molar-refractivity contribution < 1.29 is 9.53 Å². The van der Waals surface area contributed by atoms with E-state index in [2.05, 4.69) is 64.3 Å². The number of fused-ring (bicyclic) bond motifs is 1. The molecule has 2 saturated heterocycles. The van der Waals surface area contributed by atoms with Crippen LogP contribution in [0.2, 0.25) is 0 Å². The molecule has 6 rings (SSSR count). The van der Waals surface area contributed by atoms with E-state index >= 15 is 0 Å². The Morgan fingerprint density at radius 3 is 2.65 bits per heavy atom. The molecule has 3 aromatic rings. The number of carbonyl (C=O) groups excluding carboxylic acids is 1. The van der Waals surface area contributed by atoms with Crippen molar-refractivity contribution in [3.63, 3.8) is 0 Å². The second kappa shape index (κ2) is 8.62. The van der Waals surface area contributed by atoms with Crippen molar-refractivity contribution in [3.05, 3.63) is 42.2 Å². The maximum atomic E-state index is 11.8. The molecule has 178 valence electrons. The summed E-state index contributed by atoms with van der Waals surface area (Å²) < 4.78 is 8.86. The first kappa shape index (κ1) is 21.5. The van der Waals surface area contributed by atoms with Gasteiger partial charge in [-0.3, -0.25) is 4.79 Å². The first-order valence-corrected chi connectivity index (χ1v) is 12.6. The third kappa shape index (κ3) is 4.02. The summed E-state index contributed by atoms with van der Waals surface area (Å²) in [5, 5.41) is 6.37. The SMILES string of the molecule is Cc1cc(-c2cc(OC(C)C3CNC(=O)C3)c3c(c2)ncn3C2CC2)ccc1N1CCNCC1. The zero-order chi connectivity index (χ0) is 23.2. The van der Waals surface area contributed by atoms with Crippen molar-refractivity contribution >= 4 is 22.6 Å². The van der Waals surface area contributed by atoms with Gasteiger partial charge in [0.25, 0.3) is 0 Å². The van der Waals surface area contributed by atoms with Gasteiger partial charge >= 0.3 is 0 Å². The largest absolute Gasteiger partial charge is 0.488 e. The number of anilines is 1. The topological polar surface area (TPSA) is 71.4 Å². The lowest BCUT2D eigenvalue weighted by Crippen LogP contribution is -2.43. The number of hydrogen-bond donors (Lipinski definition) is 2. The van der Waals surface area contributed by atoms with Gasteiger partial charge in [-0.15, -0.1) is 0 Å². The van der Waals surface area contributed by atoms with Gasteiger partial charge in [0.05, 0.1) is 11.8 Å². The quantitative estimate of drug-likeness (QED) is 0.589. The molecule has 0 spiro atoms. The average molecular weight is 460 g/mol. The van der Waals surface area contributed by atoms with Crippen LogP contribution in [0.3, 0.4) is 0 Å². The monoisotopic (exact) mass is 459 g/mol. The van der Waals surface area contributed by atoms with Gasteiger partial charge in [0.1, 0.15) is 17.4 Å². The average Bonchev–Trinajstić information content (AvgIpc) is 3.44. The molecule has 2 aliphatic heterocycles. The Morgan fingerprint density at radius 1 is 1.12 bits per heavy atom. The molecule has 2 atom stereocenters. The normalized spacial score (nSPS) is 21.6. The van der Waals surface area contributed by atoms with Gasteiger partial charge in [0.2, 0.25) is 5.91 Å². The first-order chi connectivity index (χ1) is 16.6. The molecular weight excluding hydrogens is 426 g/mol. The van der Waals surface area contributed by atoms with Gasteiger partial charge in [0, 0.05) is 56.8 Å². The Bertz CT molecular complexity index is 1230. The molecule has 7 nitrogen and oxygen atoms in total. The van der Waals surface area contributed by atoms with Crippen LogP contribution in [0.4, 0.5) is 5.69 Å². The van der Waals surface area contributed by atoms with Crippen molar-refractivity contribution in [2.75, 3.05) is 37.6 Å². The maximum absolute atomic E-state index is 11.8. The van der Waals surface area contributed by atoms with Crippen molar-refractivity contribution in [2.24, 2.45) is 5.92 Å². The highest BCUT2D eigenvalue weighted by molar-refractivity contribution is 5.88. The second-order valence-electron chi connectivity index (χ2n) is 10.1. The molecular formula is C27H33N5O2. The number of aromatic nitrogens is 2. The van der Waals surface area contributed by atoms with E-state index in [0.717, 1.165) is 48.5 Å². The van der Waals surface area contributed by atoms with E-state index in [-0.39, 0.29) is 17.9 Å². The number of hydrogen-bond acceptors (Lipinski definition) is 5. The third-order valence-electron chi connectivity index (χ3n) is 7.55. The van der Waals surface area contributed by atoms with Gasteiger partial charge in [0.15, 0.2) is 0 Å². The van der Waals surface area contributed by atoms with E-state index in [1.54, 1.807) is 0 Å². The van der Waals surface area contributed by atoms with Gasteiger partial charge in [-0.2, -0.15) is 0 Å². The van der Waals surface area contributed by atoms with E-state index in [1.165, 1.54) is 29.7 Å². The van der Waals surface area contributed by atoms with Crippen molar-refractivity contribution in [2.45, 2.75) is 45.3 Å². The molecule has 3 fully saturated rings.